The molecule has 124 valence electrons. The summed E-state index contributed by atoms with van der Waals surface area (Å²) in [5, 5.41) is 14.4. The number of carbonyl (C=O) groups is 1. The molecule has 2 heterocycles. The monoisotopic (exact) mass is 315 g/mol. The summed E-state index contributed by atoms with van der Waals surface area (Å²) in [5.41, 5.74) is 2.16. The molecule has 1 aliphatic carbocycles. The zero-order valence-corrected chi connectivity index (χ0v) is 13.7. The molecule has 0 radical (unpaired) electrons. The molecule has 1 saturated carbocycles. The zero-order chi connectivity index (χ0) is 16.1. The van der Waals surface area contributed by atoms with Gasteiger partial charge in [0.1, 0.15) is 0 Å². The van der Waals surface area contributed by atoms with E-state index in [0.29, 0.717) is 23.8 Å². The molecular formula is C17H25N5O. The standard InChI is InChI=1S/C17H25N5O/c1-12-15-10-13(11-20-16(15)22-21-12)17(23)19-9-8-18-14-6-4-2-3-5-7-14/h10-11,14,18H,2-9H2,1H3,(H,19,23)(H,20,21,22). The molecule has 1 fully saturated rings. The van der Waals surface area contributed by atoms with Gasteiger partial charge in [0.25, 0.3) is 5.91 Å². The molecule has 6 nitrogen and oxygen atoms in total. The number of H-pyrrole nitrogens is 1. The number of aromatic nitrogens is 3. The summed E-state index contributed by atoms with van der Waals surface area (Å²) >= 11 is 0. The molecule has 2 aromatic heterocycles. The van der Waals surface area contributed by atoms with Crippen LogP contribution in [-0.2, 0) is 0 Å². The van der Waals surface area contributed by atoms with Gasteiger partial charge in [0.15, 0.2) is 5.65 Å². The van der Waals surface area contributed by atoms with Crippen molar-refractivity contribution < 1.29 is 4.79 Å². The second-order valence-electron chi connectivity index (χ2n) is 6.34. The largest absolute Gasteiger partial charge is 0.351 e. The van der Waals surface area contributed by atoms with E-state index in [1.54, 1.807) is 6.20 Å². The molecule has 1 amide bonds. The summed E-state index contributed by atoms with van der Waals surface area (Å²) in [6, 6.07) is 2.45. The molecule has 0 aliphatic heterocycles. The van der Waals surface area contributed by atoms with Gasteiger partial charge < -0.3 is 10.6 Å². The van der Waals surface area contributed by atoms with Crippen LogP contribution in [0, 0.1) is 6.92 Å². The predicted octanol–water partition coefficient (Wildman–Crippen LogP) is 2.31. The van der Waals surface area contributed by atoms with E-state index >= 15 is 0 Å². The molecular weight excluding hydrogens is 290 g/mol. The van der Waals surface area contributed by atoms with E-state index in [1.165, 1.54) is 38.5 Å². The van der Waals surface area contributed by atoms with Gasteiger partial charge in [-0.15, -0.1) is 0 Å². The van der Waals surface area contributed by atoms with Crippen LogP contribution in [-0.4, -0.2) is 40.2 Å². The lowest BCUT2D eigenvalue weighted by molar-refractivity contribution is 0.0953. The normalized spacial score (nSPS) is 16.4. The van der Waals surface area contributed by atoms with Gasteiger partial charge in [0.2, 0.25) is 0 Å². The number of carbonyl (C=O) groups excluding carboxylic acids is 1. The number of rotatable bonds is 5. The van der Waals surface area contributed by atoms with Gasteiger partial charge in [-0.25, -0.2) is 4.98 Å². The number of hydrogen-bond acceptors (Lipinski definition) is 4. The van der Waals surface area contributed by atoms with Crippen LogP contribution in [0.25, 0.3) is 11.0 Å². The molecule has 0 unspecified atom stereocenters. The van der Waals surface area contributed by atoms with Crippen LogP contribution in [0.3, 0.4) is 0 Å². The van der Waals surface area contributed by atoms with Crippen molar-refractivity contribution in [3.8, 4) is 0 Å². The molecule has 0 saturated heterocycles. The minimum atomic E-state index is -0.0809. The van der Waals surface area contributed by atoms with Crippen molar-refractivity contribution in [3.63, 3.8) is 0 Å². The minimum absolute atomic E-state index is 0.0809. The van der Waals surface area contributed by atoms with Crippen LogP contribution in [0.15, 0.2) is 12.3 Å². The second kappa shape index (κ2) is 7.55. The van der Waals surface area contributed by atoms with Crippen molar-refractivity contribution in [2.24, 2.45) is 0 Å². The Bertz CT molecular complexity index is 658. The van der Waals surface area contributed by atoms with Gasteiger partial charge in [-0.3, -0.25) is 9.89 Å². The number of nitrogens with zero attached hydrogens (tertiary/aromatic N) is 2. The number of pyridine rings is 1. The highest BCUT2D eigenvalue weighted by Gasteiger charge is 2.12. The third-order valence-electron chi connectivity index (χ3n) is 4.56. The van der Waals surface area contributed by atoms with E-state index in [2.05, 4.69) is 25.8 Å². The van der Waals surface area contributed by atoms with Gasteiger partial charge in [-0.05, 0) is 25.8 Å². The van der Waals surface area contributed by atoms with Crippen LogP contribution in [0.5, 0.6) is 0 Å². The van der Waals surface area contributed by atoms with Crippen LogP contribution >= 0.6 is 0 Å². The Balaban J connectivity index is 1.47. The summed E-state index contributed by atoms with van der Waals surface area (Å²) in [6.07, 6.45) is 9.45. The molecule has 3 rings (SSSR count). The quantitative estimate of drug-likeness (QED) is 0.584. The summed E-state index contributed by atoms with van der Waals surface area (Å²) in [7, 11) is 0. The predicted molar refractivity (Wildman–Crippen MR) is 90.5 cm³/mol. The van der Waals surface area contributed by atoms with E-state index in [1.807, 2.05) is 13.0 Å². The smallest absolute Gasteiger partial charge is 0.252 e. The first kappa shape index (κ1) is 15.9. The van der Waals surface area contributed by atoms with E-state index < -0.39 is 0 Å². The van der Waals surface area contributed by atoms with Crippen LogP contribution in [0.4, 0.5) is 0 Å². The average Bonchev–Trinajstić information content (AvgIpc) is 2.77. The van der Waals surface area contributed by atoms with E-state index in [-0.39, 0.29) is 5.91 Å². The maximum Gasteiger partial charge on any atom is 0.252 e. The second-order valence-corrected chi connectivity index (χ2v) is 6.34. The first-order valence-corrected chi connectivity index (χ1v) is 8.56. The highest BCUT2D eigenvalue weighted by Crippen LogP contribution is 2.17. The lowest BCUT2D eigenvalue weighted by Crippen LogP contribution is -2.36. The van der Waals surface area contributed by atoms with Crippen molar-refractivity contribution in [1.82, 2.24) is 25.8 Å². The lowest BCUT2D eigenvalue weighted by atomic mass is 10.1. The molecule has 1 aliphatic rings. The fraction of sp³-hybridized carbons (Fsp3) is 0.588. The van der Waals surface area contributed by atoms with Crippen LogP contribution in [0.2, 0.25) is 0 Å². The minimum Gasteiger partial charge on any atom is -0.351 e. The lowest BCUT2D eigenvalue weighted by Gasteiger charge is -2.16. The molecule has 2 aromatic rings. The number of nitrogens with one attached hydrogen (secondary N) is 3. The summed E-state index contributed by atoms with van der Waals surface area (Å²) < 4.78 is 0. The SMILES string of the molecule is Cc1[nH]nc2ncc(C(=O)NCCNC3CCCCCC3)cc12. The van der Waals surface area contributed by atoms with E-state index in [4.69, 9.17) is 0 Å². The van der Waals surface area contributed by atoms with Crippen molar-refractivity contribution >= 4 is 16.9 Å². The molecule has 6 heteroatoms. The van der Waals surface area contributed by atoms with E-state index in [9.17, 15) is 4.79 Å². The summed E-state index contributed by atoms with van der Waals surface area (Å²) in [6.45, 7) is 3.38. The van der Waals surface area contributed by atoms with Gasteiger partial charge in [0.05, 0.1) is 5.56 Å². The van der Waals surface area contributed by atoms with Crippen molar-refractivity contribution in [3.05, 3.63) is 23.5 Å². The fourth-order valence-electron chi connectivity index (χ4n) is 3.18. The Kier molecular flexibility index (Phi) is 5.23. The first-order chi connectivity index (χ1) is 11.2. The number of amides is 1. The topological polar surface area (TPSA) is 82.7 Å². The summed E-state index contributed by atoms with van der Waals surface area (Å²) in [4.78, 5) is 16.4. The molecule has 3 N–H and O–H groups in total. The van der Waals surface area contributed by atoms with E-state index in [0.717, 1.165) is 17.6 Å². The number of aromatic amines is 1. The fourth-order valence-corrected chi connectivity index (χ4v) is 3.18. The molecule has 0 atom stereocenters. The number of aryl methyl sites for hydroxylation is 1. The summed E-state index contributed by atoms with van der Waals surface area (Å²) in [5.74, 6) is -0.0809. The van der Waals surface area contributed by atoms with Gasteiger partial charge >= 0.3 is 0 Å². The van der Waals surface area contributed by atoms with Crippen LogP contribution in [0.1, 0.15) is 54.6 Å². The maximum atomic E-state index is 12.2. The number of hydrogen-bond donors (Lipinski definition) is 3. The van der Waals surface area contributed by atoms with Gasteiger partial charge in [-0.1, -0.05) is 25.7 Å². The maximum absolute atomic E-state index is 12.2. The van der Waals surface area contributed by atoms with Gasteiger partial charge in [0, 0.05) is 36.4 Å². The molecule has 0 spiro atoms. The Labute approximate surface area is 136 Å². The Morgan fingerprint density at radius 3 is 2.83 bits per heavy atom. The third-order valence-corrected chi connectivity index (χ3v) is 4.56. The van der Waals surface area contributed by atoms with Crippen molar-refractivity contribution in [2.45, 2.75) is 51.5 Å². The molecule has 0 bridgehead atoms. The zero-order valence-electron chi connectivity index (χ0n) is 13.7. The molecule has 0 aromatic carbocycles. The van der Waals surface area contributed by atoms with Crippen LogP contribution < -0.4 is 10.6 Å². The van der Waals surface area contributed by atoms with Crippen molar-refractivity contribution in [1.29, 1.82) is 0 Å². The average molecular weight is 315 g/mol. The Morgan fingerprint density at radius 1 is 1.26 bits per heavy atom. The Hall–Kier alpha value is -1.95. The highest BCUT2D eigenvalue weighted by atomic mass is 16.1. The Morgan fingerprint density at radius 2 is 2.04 bits per heavy atom. The third kappa shape index (κ3) is 4.07. The molecule has 23 heavy (non-hydrogen) atoms. The number of fused-ring (bicyclic) bond motifs is 1. The highest BCUT2D eigenvalue weighted by molar-refractivity contribution is 5.97. The first-order valence-electron chi connectivity index (χ1n) is 8.56. The van der Waals surface area contributed by atoms with Crippen molar-refractivity contribution in [2.75, 3.05) is 13.1 Å². The van der Waals surface area contributed by atoms with Gasteiger partial charge in [-0.2, -0.15) is 5.10 Å².